The van der Waals surface area contributed by atoms with E-state index in [2.05, 4.69) is 10.6 Å². The number of benzene rings is 2. The number of rotatable bonds is 7. The van der Waals surface area contributed by atoms with Crippen molar-refractivity contribution in [1.82, 2.24) is 0 Å². The van der Waals surface area contributed by atoms with Gasteiger partial charge in [-0.05, 0) is 54.6 Å². The molecule has 2 N–H and O–H groups in total. The summed E-state index contributed by atoms with van der Waals surface area (Å²) in [5.41, 5.74) is 1.01. The molecule has 0 radical (unpaired) electrons. The van der Waals surface area contributed by atoms with Crippen LogP contribution < -0.4 is 15.4 Å². The number of nitrogens with zero attached hydrogens (tertiary/aromatic N) is 1. The topological polar surface area (TPSA) is 118 Å². The van der Waals surface area contributed by atoms with E-state index in [9.17, 15) is 9.59 Å². The molecule has 8 nitrogen and oxygen atoms in total. The van der Waals surface area contributed by atoms with Crippen LogP contribution in [0.15, 0.2) is 81.8 Å². The summed E-state index contributed by atoms with van der Waals surface area (Å²) in [7, 11) is 0. The second kappa shape index (κ2) is 9.77. The number of halogens is 1. The van der Waals surface area contributed by atoms with Gasteiger partial charge in [0.2, 0.25) is 0 Å². The van der Waals surface area contributed by atoms with Crippen molar-refractivity contribution in [3.63, 3.8) is 0 Å². The monoisotopic (exact) mass is 461 g/mol. The highest BCUT2D eigenvalue weighted by atomic mass is 35.5. The molecule has 0 saturated carbocycles. The summed E-state index contributed by atoms with van der Waals surface area (Å²) < 4.78 is 16.3. The van der Waals surface area contributed by atoms with Crippen LogP contribution in [0.2, 0.25) is 5.02 Å². The standard InChI is InChI=1S/C24H16ClN3O5/c25-16-7-9-18(19(12-16)28-23(29)21-6-3-11-31-21)27-24(30)22-10-8-17(33-22)14-32-20-5-2-1-4-15(20)13-26/h1-12H,14H2,(H,27,30)(H,28,29). The Morgan fingerprint density at radius 2 is 1.73 bits per heavy atom. The van der Waals surface area contributed by atoms with E-state index in [1.54, 1.807) is 48.5 Å². The Kier molecular flexibility index (Phi) is 6.43. The number of para-hydroxylation sites is 1. The highest BCUT2D eigenvalue weighted by molar-refractivity contribution is 6.31. The third-order valence-electron chi connectivity index (χ3n) is 4.49. The van der Waals surface area contributed by atoms with Gasteiger partial charge in [0.15, 0.2) is 11.5 Å². The molecule has 0 fully saturated rings. The van der Waals surface area contributed by atoms with Gasteiger partial charge < -0.3 is 24.2 Å². The third kappa shape index (κ3) is 5.23. The number of anilines is 2. The lowest BCUT2D eigenvalue weighted by atomic mass is 10.2. The zero-order chi connectivity index (χ0) is 23.2. The molecule has 0 atom stereocenters. The molecule has 2 heterocycles. The number of carbonyl (C=O) groups excluding carboxylic acids is 2. The van der Waals surface area contributed by atoms with Crippen molar-refractivity contribution >= 4 is 34.8 Å². The van der Waals surface area contributed by atoms with E-state index in [-0.39, 0.29) is 18.1 Å². The Morgan fingerprint density at radius 3 is 2.52 bits per heavy atom. The molecule has 2 aromatic heterocycles. The second-order valence-electron chi connectivity index (χ2n) is 6.74. The maximum Gasteiger partial charge on any atom is 0.291 e. The summed E-state index contributed by atoms with van der Waals surface area (Å²) in [6, 6.07) is 19.7. The first kappa shape index (κ1) is 21.7. The highest BCUT2D eigenvalue weighted by Gasteiger charge is 2.17. The number of carbonyl (C=O) groups is 2. The summed E-state index contributed by atoms with van der Waals surface area (Å²) in [5.74, 6) is -0.0560. The fourth-order valence-corrected chi connectivity index (χ4v) is 3.09. The zero-order valence-electron chi connectivity index (χ0n) is 17.0. The molecule has 0 bridgehead atoms. The molecular formula is C24H16ClN3O5. The maximum atomic E-state index is 12.7. The maximum absolute atomic E-state index is 12.7. The number of nitriles is 1. The molecule has 2 aromatic carbocycles. The van der Waals surface area contributed by atoms with Gasteiger partial charge in [-0.1, -0.05) is 23.7 Å². The van der Waals surface area contributed by atoms with Gasteiger partial charge in [0, 0.05) is 5.02 Å². The Morgan fingerprint density at radius 1 is 0.939 bits per heavy atom. The van der Waals surface area contributed by atoms with Crippen molar-refractivity contribution < 1.29 is 23.2 Å². The summed E-state index contributed by atoms with van der Waals surface area (Å²) >= 11 is 6.05. The number of hydrogen-bond acceptors (Lipinski definition) is 6. The molecule has 0 spiro atoms. The smallest absolute Gasteiger partial charge is 0.291 e. The molecular weight excluding hydrogens is 446 g/mol. The zero-order valence-corrected chi connectivity index (χ0v) is 17.8. The largest absolute Gasteiger partial charge is 0.484 e. The van der Waals surface area contributed by atoms with Crippen molar-refractivity contribution in [2.75, 3.05) is 10.6 Å². The summed E-state index contributed by atoms with van der Waals surface area (Å²) in [6.07, 6.45) is 1.38. The molecule has 33 heavy (non-hydrogen) atoms. The van der Waals surface area contributed by atoms with Crippen molar-refractivity contribution in [3.8, 4) is 11.8 Å². The molecule has 0 saturated heterocycles. The Labute approximate surface area is 193 Å². The minimum atomic E-state index is -0.533. The number of furan rings is 2. The average Bonchev–Trinajstić information content (AvgIpc) is 3.52. The Hall–Kier alpha value is -4.48. The average molecular weight is 462 g/mol. The molecule has 4 rings (SSSR count). The van der Waals surface area contributed by atoms with Crippen LogP contribution in [-0.4, -0.2) is 11.8 Å². The van der Waals surface area contributed by atoms with Gasteiger partial charge in [0.05, 0.1) is 23.2 Å². The number of ether oxygens (including phenoxy) is 1. The molecule has 9 heteroatoms. The fourth-order valence-electron chi connectivity index (χ4n) is 2.92. The van der Waals surface area contributed by atoms with Gasteiger partial charge in [-0.2, -0.15) is 5.26 Å². The van der Waals surface area contributed by atoms with Crippen LogP contribution in [-0.2, 0) is 6.61 Å². The molecule has 0 aliphatic rings. The van der Waals surface area contributed by atoms with E-state index in [0.717, 1.165) is 0 Å². The second-order valence-corrected chi connectivity index (χ2v) is 7.17. The van der Waals surface area contributed by atoms with Gasteiger partial charge in [-0.15, -0.1) is 0 Å². The van der Waals surface area contributed by atoms with Crippen molar-refractivity contribution in [1.29, 1.82) is 5.26 Å². The first-order valence-electron chi connectivity index (χ1n) is 9.70. The van der Waals surface area contributed by atoms with Crippen molar-refractivity contribution in [2.45, 2.75) is 6.61 Å². The van der Waals surface area contributed by atoms with Crippen molar-refractivity contribution in [2.24, 2.45) is 0 Å². The molecule has 2 amide bonds. The van der Waals surface area contributed by atoms with E-state index < -0.39 is 11.8 Å². The van der Waals surface area contributed by atoms with Gasteiger partial charge in [-0.3, -0.25) is 9.59 Å². The molecule has 0 aliphatic carbocycles. The van der Waals surface area contributed by atoms with Crippen LogP contribution >= 0.6 is 11.6 Å². The van der Waals surface area contributed by atoms with Gasteiger partial charge >= 0.3 is 0 Å². The van der Waals surface area contributed by atoms with E-state index in [4.69, 9.17) is 30.4 Å². The lowest BCUT2D eigenvalue weighted by molar-refractivity contribution is 0.0984. The summed E-state index contributed by atoms with van der Waals surface area (Å²) in [6.45, 7) is 0.0391. The minimum absolute atomic E-state index is 0.0391. The van der Waals surface area contributed by atoms with Crippen LogP contribution in [0.5, 0.6) is 5.75 Å². The van der Waals surface area contributed by atoms with Gasteiger partial charge in [0.25, 0.3) is 11.8 Å². The summed E-state index contributed by atoms with van der Waals surface area (Å²) in [4.78, 5) is 25.0. The lowest BCUT2D eigenvalue weighted by Crippen LogP contribution is -2.16. The first-order valence-corrected chi connectivity index (χ1v) is 10.1. The fraction of sp³-hybridized carbons (Fsp3) is 0.0417. The number of amides is 2. The van der Waals surface area contributed by atoms with Crippen LogP contribution in [0.4, 0.5) is 11.4 Å². The quantitative estimate of drug-likeness (QED) is 0.376. The van der Waals surface area contributed by atoms with Crippen LogP contribution in [0.1, 0.15) is 32.4 Å². The molecule has 4 aromatic rings. The van der Waals surface area contributed by atoms with Crippen LogP contribution in [0, 0.1) is 11.3 Å². The van der Waals surface area contributed by atoms with Crippen LogP contribution in [0.25, 0.3) is 0 Å². The van der Waals surface area contributed by atoms with Gasteiger partial charge in [-0.25, -0.2) is 0 Å². The minimum Gasteiger partial charge on any atom is -0.484 e. The van der Waals surface area contributed by atoms with E-state index in [0.29, 0.717) is 33.5 Å². The molecule has 0 unspecified atom stereocenters. The third-order valence-corrected chi connectivity index (χ3v) is 4.72. The first-order chi connectivity index (χ1) is 16.0. The number of hydrogen-bond donors (Lipinski definition) is 2. The normalized spacial score (nSPS) is 10.3. The van der Waals surface area contributed by atoms with Gasteiger partial charge in [0.1, 0.15) is 24.2 Å². The van der Waals surface area contributed by atoms with Crippen molar-refractivity contribution in [3.05, 3.63) is 101 Å². The van der Waals surface area contributed by atoms with E-state index in [1.807, 2.05) is 6.07 Å². The molecule has 0 aliphatic heterocycles. The Balaban J connectivity index is 1.44. The van der Waals surface area contributed by atoms with E-state index in [1.165, 1.54) is 24.5 Å². The van der Waals surface area contributed by atoms with Crippen LogP contribution in [0.3, 0.4) is 0 Å². The predicted octanol–water partition coefficient (Wildman–Crippen LogP) is 5.48. The number of nitrogens with one attached hydrogen (secondary N) is 2. The van der Waals surface area contributed by atoms with E-state index >= 15 is 0 Å². The SMILES string of the molecule is N#Cc1ccccc1OCc1ccc(C(=O)Nc2ccc(Cl)cc2NC(=O)c2ccco2)o1. The molecule has 164 valence electrons. The summed E-state index contributed by atoms with van der Waals surface area (Å²) in [5, 5.41) is 14.9. The Bertz CT molecular complexity index is 1340. The lowest BCUT2D eigenvalue weighted by Gasteiger charge is -2.11. The predicted molar refractivity (Wildman–Crippen MR) is 120 cm³/mol. The highest BCUT2D eigenvalue weighted by Crippen LogP contribution is 2.27.